The second-order valence-corrected chi connectivity index (χ2v) is 8.35. The van der Waals surface area contributed by atoms with E-state index in [0.29, 0.717) is 0 Å². The molecule has 0 aromatic rings. The molecular weight excluding hydrogens is 291 g/mol. The van der Waals surface area contributed by atoms with E-state index in [1.54, 1.807) is 0 Å². The van der Waals surface area contributed by atoms with Gasteiger partial charge in [0, 0.05) is 8.07 Å². The summed E-state index contributed by atoms with van der Waals surface area (Å²) in [6.45, 7) is 4.76. The third kappa shape index (κ3) is 3.75. The van der Waals surface area contributed by atoms with Crippen LogP contribution in [-0.2, 0) is 21.7 Å². The van der Waals surface area contributed by atoms with E-state index >= 15 is 0 Å². The second kappa shape index (κ2) is 7.73. The molecule has 0 heterocycles. The number of rotatable bonds is 2. The Hall–Kier alpha value is 0.471. The molecule has 0 amide bonds. The quantitative estimate of drug-likeness (QED) is 0.381. The van der Waals surface area contributed by atoms with Crippen molar-refractivity contribution in [1.82, 2.24) is 0 Å². The molecule has 0 fully saturated rings. The number of hydrogen-bond donors (Lipinski definition) is 0. The van der Waals surface area contributed by atoms with Gasteiger partial charge in [-0.05, 0) is 0 Å². The number of halogens is 2. The minimum Gasteiger partial charge on any atom is -1.00 e. The van der Waals surface area contributed by atoms with E-state index in [9.17, 15) is 0 Å². The number of hydrogen-bond acceptors (Lipinski definition) is 0. The predicted molar refractivity (Wildman–Crippen MR) is 58.5 cm³/mol. The summed E-state index contributed by atoms with van der Waals surface area (Å²) in [5, 5.41) is 2.89. The summed E-state index contributed by atoms with van der Waals surface area (Å²) in [7, 11) is -1.40. The Labute approximate surface area is 127 Å². The van der Waals surface area contributed by atoms with Crippen LogP contribution in [0.3, 0.4) is 0 Å². The Bertz CT molecular complexity index is 309. The summed E-state index contributed by atoms with van der Waals surface area (Å²) in [6.07, 6.45) is 17.8. The monoisotopic (exact) mass is 304 g/mol. The van der Waals surface area contributed by atoms with Gasteiger partial charge in [-0.25, -0.2) is 22.5 Å². The Balaban J connectivity index is 0. The van der Waals surface area contributed by atoms with E-state index in [-0.39, 0.29) is 46.5 Å². The fourth-order valence-electron chi connectivity index (χ4n) is 1.81. The molecule has 0 N–H and O–H groups in total. The van der Waals surface area contributed by atoms with Gasteiger partial charge in [0.1, 0.15) is 0 Å². The van der Waals surface area contributed by atoms with Crippen LogP contribution < -0.4 is 24.8 Å². The van der Waals surface area contributed by atoms with Crippen molar-refractivity contribution >= 4 is 8.07 Å². The van der Waals surface area contributed by atoms with E-state index in [1.807, 2.05) is 0 Å². The van der Waals surface area contributed by atoms with Gasteiger partial charge in [-0.1, -0.05) is 13.1 Å². The van der Waals surface area contributed by atoms with Gasteiger partial charge in [-0.15, -0.1) is 12.8 Å². The van der Waals surface area contributed by atoms with Gasteiger partial charge in [0.25, 0.3) is 0 Å². The first-order chi connectivity index (χ1) is 6.21. The van der Waals surface area contributed by atoms with Crippen LogP contribution in [-0.4, -0.2) is 8.07 Å². The Morgan fingerprint density at radius 2 is 1.31 bits per heavy atom. The van der Waals surface area contributed by atoms with Gasteiger partial charge in [0.2, 0.25) is 0 Å². The Morgan fingerprint density at radius 3 is 1.56 bits per heavy atom. The van der Waals surface area contributed by atoms with Crippen molar-refractivity contribution in [3.05, 3.63) is 46.8 Å². The van der Waals surface area contributed by atoms with E-state index in [0.717, 1.165) is 12.8 Å². The molecule has 0 aromatic carbocycles. The van der Waals surface area contributed by atoms with E-state index in [4.69, 9.17) is 0 Å². The molecule has 84 valence electrons. The molecule has 0 spiro atoms. The molecule has 0 saturated heterocycles. The standard InChI is InChI=1S/C12H14Si.2ClH.Ti/c1-13(2,11-7-3-4-8-11)12-9-5-6-10-12;;;/h3,5,7,9H,4,6H2,1-2H3;2*1H;/q-2;;;+4/p-2. The van der Waals surface area contributed by atoms with Crippen LogP contribution in [0.5, 0.6) is 0 Å². The molecule has 2 rings (SSSR count). The van der Waals surface area contributed by atoms with Gasteiger partial charge in [0.15, 0.2) is 0 Å². The molecule has 16 heavy (non-hydrogen) atoms. The number of allylic oxidation sites excluding steroid dienone is 8. The molecule has 0 unspecified atom stereocenters. The van der Waals surface area contributed by atoms with Crippen LogP contribution in [0.4, 0.5) is 0 Å². The summed E-state index contributed by atoms with van der Waals surface area (Å²) >= 11 is 0. The molecule has 0 saturated carbocycles. The maximum Gasteiger partial charge on any atom is 4.00 e. The first-order valence-electron chi connectivity index (χ1n) is 4.77. The average Bonchev–Trinajstić information content (AvgIpc) is 2.78. The van der Waals surface area contributed by atoms with E-state index < -0.39 is 8.07 Å². The second-order valence-electron chi connectivity index (χ2n) is 4.02. The van der Waals surface area contributed by atoms with E-state index in [1.165, 1.54) is 10.4 Å². The van der Waals surface area contributed by atoms with Crippen LogP contribution in [0.1, 0.15) is 12.8 Å². The van der Waals surface area contributed by atoms with Crippen LogP contribution >= 0.6 is 0 Å². The first kappa shape index (κ1) is 18.8. The fourth-order valence-corrected chi connectivity index (χ4v) is 4.26. The molecule has 0 atom stereocenters. The zero-order chi connectivity index (χ0) is 9.31. The van der Waals surface area contributed by atoms with Crippen molar-refractivity contribution in [1.29, 1.82) is 0 Å². The van der Waals surface area contributed by atoms with Gasteiger partial charge in [0.05, 0.1) is 0 Å². The molecule has 2 aliphatic rings. The van der Waals surface area contributed by atoms with Crippen LogP contribution in [0.2, 0.25) is 13.1 Å². The SMILES string of the molecule is C[Si](C)(C1=[C-]CC=C1)C1=[C-]CC=C1.[Cl-].[Cl-].[Ti+4]. The average molecular weight is 305 g/mol. The zero-order valence-electron chi connectivity index (χ0n) is 9.48. The molecule has 0 nitrogen and oxygen atoms in total. The van der Waals surface area contributed by atoms with Gasteiger partial charge in [-0.3, -0.25) is 12.2 Å². The van der Waals surface area contributed by atoms with Crippen LogP contribution in [0, 0.1) is 12.2 Å². The topological polar surface area (TPSA) is 0 Å². The normalized spacial score (nSPS) is 16.9. The van der Waals surface area contributed by atoms with Crippen molar-refractivity contribution in [3.8, 4) is 0 Å². The fraction of sp³-hybridized carbons (Fsp3) is 0.333. The first-order valence-corrected chi connectivity index (χ1v) is 7.77. The summed E-state index contributed by atoms with van der Waals surface area (Å²) in [5.74, 6) is 0. The zero-order valence-corrected chi connectivity index (χ0v) is 13.6. The molecule has 2 aliphatic carbocycles. The largest absolute Gasteiger partial charge is 4.00 e. The third-order valence-corrected chi connectivity index (χ3v) is 6.12. The predicted octanol–water partition coefficient (Wildman–Crippen LogP) is -2.84. The molecule has 0 aliphatic heterocycles. The molecule has 0 aromatic heterocycles. The summed E-state index contributed by atoms with van der Waals surface area (Å²) in [5.41, 5.74) is 0. The molecular formula is C12H14Cl2SiTi. The molecule has 0 bridgehead atoms. The Kier molecular flexibility index (Phi) is 9.10. The Morgan fingerprint density at radius 1 is 0.938 bits per heavy atom. The van der Waals surface area contributed by atoms with Gasteiger partial charge in [-0.2, -0.15) is 12.2 Å². The smallest absolute Gasteiger partial charge is 1.00 e. The molecule has 4 heteroatoms. The maximum absolute atomic E-state index is 3.45. The van der Waals surface area contributed by atoms with Crippen molar-refractivity contribution in [2.45, 2.75) is 25.9 Å². The van der Waals surface area contributed by atoms with Gasteiger partial charge >= 0.3 is 21.7 Å². The minimum atomic E-state index is -1.40. The van der Waals surface area contributed by atoms with Crippen LogP contribution in [0.25, 0.3) is 0 Å². The van der Waals surface area contributed by atoms with Crippen molar-refractivity contribution in [3.63, 3.8) is 0 Å². The summed E-state index contributed by atoms with van der Waals surface area (Å²) in [6, 6.07) is 0. The van der Waals surface area contributed by atoms with Gasteiger partial charge < -0.3 is 24.8 Å². The molecule has 0 radical (unpaired) electrons. The third-order valence-electron chi connectivity index (χ3n) is 2.74. The maximum atomic E-state index is 3.45. The van der Waals surface area contributed by atoms with Crippen molar-refractivity contribution in [2.24, 2.45) is 0 Å². The minimum absolute atomic E-state index is 0. The van der Waals surface area contributed by atoms with E-state index in [2.05, 4.69) is 49.6 Å². The summed E-state index contributed by atoms with van der Waals surface area (Å²) < 4.78 is 0. The summed E-state index contributed by atoms with van der Waals surface area (Å²) in [4.78, 5) is 0. The van der Waals surface area contributed by atoms with Crippen molar-refractivity contribution < 1.29 is 46.5 Å². The van der Waals surface area contributed by atoms with Crippen molar-refractivity contribution in [2.75, 3.05) is 0 Å². The van der Waals surface area contributed by atoms with Crippen LogP contribution in [0.15, 0.2) is 34.7 Å².